The lowest BCUT2D eigenvalue weighted by molar-refractivity contribution is -0.165. The highest BCUT2D eigenvalue weighted by Gasteiger charge is 2.72. The van der Waals surface area contributed by atoms with E-state index in [4.69, 9.17) is 25.8 Å². The van der Waals surface area contributed by atoms with Gasteiger partial charge in [0.05, 0.1) is 25.4 Å². The number of hydrogen-bond donors (Lipinski definition) is 0. The molecule has 0 aromatic heterocycles. The lowest BCUT2D eigenvalue weighted by atomic mass is 9.67. The molecule has 41 heavy (non-hydrogen) atoms. The van der Waals surface area contributed by atoms with Crippen LogP contribution in [-0.4, -0.2) is 71.8 Å². The minimum Gasteiger partial charge on any atom is -0.483 e. The van der Waals surface area contributed by atoms with Gasteiger partial charge in [0.25, 0.3) is 5.91 Å². The molecule has 11 heteroatoms. The quantitative estimate of drug-likeness (QED) is 0.501. The number of benzene rings is 2. The molecule has 3 atom stereocenters. The topological polar surface area (TPSA) is 115 Å². The maximum Gasteiger partial charge on any atom is 0.332 e. The van der Waals surface area contributed by atoms with E-state index in [2.05, 4.69) is 5.10 Å². The van der Waals surface area contributed by atoms with Crippen LogP contribution >= 0.6 is 11.6 Å². The molecular formula is C30H28ClN3O7. The summed E-state index contributed by atoms with van der Waals surface area (Å²) in [6.07, 6.45) is 4.75. The summed E-state index contributed by atoms with van der Waals surface area (Å²) in [7, 11) is 2.35. The molecule has 0 unspecified atom stereocenters. The Morgan fingerprint density at radius 1 is 1.02 bits per heavy atom. The minimum atomic E-state index is -2.04. The standard InChI is InChI=1S/C30H28ClN3O7/c1-39-27(37)24-30(29(38)40-2)25-21(23(35)20-15-18(31)13-14-22(20)41-25)16-33(19-11-7-4-8-12-19)28(30)32-34(24)26(36)17-9-5-3-6-10-17/h3,5-6,9-10,13-16,19,24-25H,4,7-8,11-12H2,1-2H3/t24-,25+,30+/m1/s1. The molecule has 3 aliphatic heterocycles. The Morgan fingerprint density at radius 3 is 2.44 bits per heavy atom. The van der Waals surface area contributed by atoms with Crippen molar-refractivity contribution in [1.82, 2.24) is 9.91 Å². The third-order valence-electron chi connectivity index (χ3n) is 8.30. The molecule has 6 rings (SSSR count). The number of ketones is 1. The predicted octanol–water partition coefficient (Wildman–Crippen LogP) is 3.99. The molecule has 1 fully saturated rings. The highest BCUT2D eigenvalue weighted by molar-refractivity contribution is 6.31. The second kappa shape index (κ2) is 10.3. The van der Waals surface area contributed by atoms with Gasteiger partial charge in [-0.25, -0.2) is 9.80 Å². The molecule has 2 aromatic carbocycles. The Morgan fingerprint density at radius 2 is 1.76 bits per heavy atom. The molecule has 2 aromatic rings. The summed E-state index contributed by atoms with van der Waals surface area (Å²) in [5, 5.41) is 6.01. The first-order chi connectivity index (χ1) is 19.8. The highest BCUT2D eigenvalue weighted by Crippen LogP contribution is 2.52. The molecule has 3 heterocycles. The van der Waals surface area contributed by atoms with Crippen molar-refractivity contribution in [2.24, 2.45) is 10.5 Å². The third kappa shape index (κ3) is 4.03. The third-order valence-corrected chi connectivity index (χ3v) is 8.54. The summed E-state index contributed by atoms with van der Waals surface area (Å²) in [5.74, 6) is -2.51. The fourth-order valence-corrected chi connectivity index (χ4v) is 6.57. The molecule has 0 saturated heterocycles. The van der Waals surface area contributed by atoms with E-state index in [9.17, 15) is 19.2 Å². The average Bonchev–Trinajstić information content (AvgIpc) is 3.38. The number of esters is 2. The van der Waals surface area contributed by atoms with E-state index < -0.39 is 41.2 Å². The van der Waals surface area contributed by atoms with Gasteiger partial charge in [0.2, 0.25) is 5.41 Å². The molecule has 0 radical (unpaired) electrons. The van der Waals surface area contributed by atoms with Crippen molar-refractivity contribution in [3.63, 3.8) is 0 Å². The summed E-state index contributed by atoms with van der Waals surface area (Å²) >= 11 is 6.22. The number of rotatable bonds is 4. The van der Waals surface area contributed by atoms with Gasteiger partial charge in [-0.3, -0.25) is 14.4 Å². The van der Waals surface area contributed by atoms with Gasteiger partial charge in [0.15, 0.2) is 23.8 Å². The van der Waals surface area contributed by atoms with Crippen LogP contribution in [0.2, 0.25) is 5.02 Å². The smallest absolute Gasteiger partial charge is 0.332 e. The van der Waals surface area contributed by atoms with Crippen LogP contribution in [0.1, 0.15) is 52.8 Å². The Kier molecular flexibility index (Phi) is 6.81. The van der Waals surface area contributed by atoms with Crippen molar-refractivity contribution in [3.05, 3.63) is 76.5 Å². The van der Waals surface area contributed by atoms with E-state index in [-0.39, 0.29) is 34.3 Å². The SMILES string of the molecule is COC(=O)[C@H]1N(C(=O)c2ccccc2)N=C2N(C3CCCCC3)C=C3C(=O)c4cc(Cl)ccc4O[C@@H]3[C@]21C(=O)OC. The van der Waals surface area contributed by atoms with E-state index in [1.54, 1.807) is 47.5 Å². The van der Waals surface area contributed by atoms with Crippen molar-refractivity contribution < 1.29 is 33.4 Å². The number of methoxy groups -OCH3 is 2. The van der Waals surface area contributed by atoms with Gasteiger partial charge in [-0.1, -0.05) is 49.1 Å². The Labute approximate surface area is 241 Å². The monoisotopic (exact) mass is 577 g/mol. The summed E-state index contributed by atoms with van der Waals surface area (Å²) in [4.78, 5) is 57.5. The van der Waals surface area contributed by atoms with Gasteiger partial charge < -0.3 is 19.1 Å². The number of ether oxygens (including phenoxy) is 3. The van der Waals surface area contributed by atoms with Gasteiger partial charge in [-0.15, -0.1) is 0 Å². The fraction of sp³-hybridized carbons (Fsp3) is 0.367. The summed E-state index contributed by atoms with van der Waals surface area (Å²) in [6, 6.07) is 11.2. The Bertz CT molecular complexity index is 1500. The number of hydrazone groups is 1. The van der Waals surface area contributed by atoms with E-state index in [1.807, 2.05) is 0 Å². The number of hydrogen-bond acceptors (Lipinski definition) is 9. The second-order valence-electron chi connectivity index (χ2n) is 10.5. The molecule has 0 bridgehead atoms. The number of nitrogens with zero attached hydrogens (tertiary/aromatic N) is 3. The average molecular weight is 578 g/mol. The fourth-order valence-electron chi connectivity index (χ4n) is 6.40. The number of halogens is 1. The van der Waals surface area contributed by atoms with Crippen LogP contribution in [-0.2, 0) is 19.1 Å². The van der Waals surface area contributed by atoms with E-state index in [0.717, 1.165) is 37.1 Å². The van der Waals surface area contributed by atoms with E-state index in [0.29, 0.717) is 5.02 Å². The summed E-state index contributed by atoms with van der Waals surface area (Å²) < 4.78 is 16.9. The van der Waals surface area contributed by atoms with Crippen LogP contribution in [0, 0.1) is 5.41 Å². The van der Waals surface area contributed by atoms with Crippen LogP contribution in [0.5, 0.6) is 5.75 Å². The first-order valence-electron chi connectivity index (χ1n) is 13.5. The molecule has 1 amide bonds. The van der Waals surface area contributed by atoms with Gasteiger partial charge in [0, 0.05) is 22.8 Å². The van der Waals surface area contributed by atoms with Gasteiger partial charge in [0.1, 0.15) is 5.75 Å². The Balaban J connectivity index is 1.62. The zero-order valence-electron chi connectivity index (χ0n) is 22.5. The van der Waals surface area contributed by atoms with Crippen LogP contribution < -0.4 is 4.74 Å². The second-order valence-corrected chi connectivity index (χ2v) is 10.9. The number of fused-ring (bicyclic) bond motifs is 4. The maximum atomic E-state index is 14.1. The van der Waals surface area contributed by atoms with Crippen molar-refractivity contribution in [2.75, 3.05) is 14.2 Å². The van der Waals surface area contributed by atoms with Crippen LogP contribution in [0.3, 0.4) is 0 Å². The van der Waals surface area contributed by atoms with Crippen molar-refractivity contribution in [2.45, 2.75) is 50.3 Å². The van der Waals surface area contributed by atoms with E-state index in [1.165, 1.54) is 26.4 Å². The van der Waals surface area contributed by atoms with Gasteiger partial charge >= 0.3 is 11.9 Å². The number of Topliss-reactive ketones (excluding diaryl/α,β-unsaturated/α-hetero) is 1. The molecule has 0 spiro atoms. The number of amides is 1. The molecule has 10 nitrogen and oxygen atoms in total. The minimum absolute atomic E-state index is 0.106. The Hall–Kier alpha value is -4.18. The normalized spacial score (nSPS) is 25.2. The number of carbonyl (C=O) groups excluding carboxylic acids is 4. The predicted molar refractivity (Wildman–Crippen MR) is 147 cm³/mol. The summed E-state index contributed by atoms with van der Waals surface area (Å²) in [5.41, 5.74) is -1.42. The van der Waals surface area contributed by atoms with Crippen LogP contribution in [0.15, 0.2) is 65.4 Å². The molecule has 1 aliphatic carbocycles. The molecule has 212 valence electrons. The zero-order chi connectivity index (χ0) is 28.9. The van der Waals surface area contributed by atoms with Crippen molar-refractivity contribution >= 4 is 41.1 Å². The summed E-state index contributed by atoms with van der Waals surface area (Å²) in [6.45, 7) is 0. The first kappa shape index (κ1) is 27.0. The van der Waals surface area contributed by atoms with Crippen LogP contribution in [0.4, 0.5) is 0 Å². The molecular weight excluding hydrogens is 550 g/mol. The largest absolute Gasteiger partial charge is 0.483 e. The lowest BCUT2D eigenvalue weighted by Gasteiger charge is -2.48. The molecule has 0 N–H and O–H groups in total. The maximum absolute atomic E-state index is 14.1. The van der Waals surface area contributed by atoms with Crippen LogP contribution in [0.25, 0.3) is 0 Å². The molecule has 4 aliphatic rings. The number of amidine groups is 1. The van der Waals surface area contributed by atoms with Gasteiger partial charge in [-0.2, -0.15) is 5.10 Å². The zero-order valence-corrected chi connectivity index (χ0v) is 23.3. The molecule has 1 saturated carbocycles. The van der Waals surface area contributed by atoms with Crippen molar-refractivity contribution in [3.8, 4) is 5.75 Å². The van der Waals surface area contributed by atoms with Gasteiger partial charge in [-0.05, 0) is 43.2 Å². The number of carbonyl (C=O) groups is 4. The highest BCUT2D eigenvalue weighted by atomic mass is 35.5. The van der Waals surface area contributed by atoms with Crippen molar-refractivity contribution in [1.29, 1.82) is 0 Å². The lowest BCUT2D eigenvalue weighted by Crippen LogP contribution is -2.68. The first-order valence-corrected chi connectivity index (χ1v) is 13.9. The van der Waals surface area contributed by atoms with E-state index >= 15 is 0 Å².